The van der Waals surface area contributed by atoms with E-state index in [4.69, 9.17) is 0 Å². The smallest absolute Gasteiger partial charge is 0.206 e. The molecule has 0 aliphatic heterocycles. The lowest BCUT2D eigenvalue weighted by molar-refractivity contribution is 0.191. The van der Waals surface area contributed by atoms with Crippen molar-refractivity contribution in [3.63, 3.8) is 0 Å². The van der Waals surface area contributed by atoms with E-state index in [0.29, 0.717) is 5.56 Å². The predicted octanol–water partition coefficient (Wildman–Crippen LogP) is 3.92. The number of alkyl halides is 2. The van der Waals surface area contributed by atoms with Gasteiger partial charge in [-0.05, 0) is 39.3 Å². The molecule has 0 aliphatic rings. The molecule has 3 nitrogen and oxygen atoms in total. The van der Waals surface area contributed by atoms with Crippen LogP contribution >= 0.6 is 38.5 Å². The molecule has 0 fully saturated rings. The predicted molar refractivity (Wildman–Crippen MR) is 97.4 cm³/mol. The van der Waals surface area contributed by atoms with Crippen molar-refractivity contribution in [2.75, 3.05) is 6.26 Å². The van der Waals surface area contributed by atoms with Crippen LogP contribution in [-0.4, -0.2) is 21.4 Å². The Labute approximate surface area is 146 Å². The van der Waals surface area contributed by atoms with Crippen LogP contribution in [0.2, 0.25) is 0 Å². The second-order valence-electron chi connectivity index (χ2n) is 4.72. The maximum atomic E-state index is 11.7. The average molecular weight is 481 g/mol. The van der Waals surface area contributed by atoms with Gasteiger partial charge < -0.3 is 5.11 Å². The summed E-state index contributed by atoms with van der Waals surface area (Å²) in [7, 11) is -3.46. The van der Waals surface area contributed by atoms with Crippen molar-refractivity contribution < 1.29 is 13.5 Å². The molecule has 6 heteroatoms. The quantitative estimate of drug-likeness (QED) is 0.533. The summed E-state index contributed by atoms with van der Waals surface area (Å²) in [4.78, 5) is 0. The Morgan fingerprint density at radius 2 is 1.52 bits per heavy atom. The lowest BCUT2D eigenvalue weighted by Crippen LogP contribution is -2.31. The topological polar surface area (TPSA) is 54.4 Å². The molecule has 0 unspecified atom stereocenters. The summed E-state index contributed by atoms with van der Waals surface area (Å²) in [6.07, 6.45) is -0.0617. The summed E-state index contributed by atoms with van der Waals surface area (Å²) >= 11 is 4.83. The summed E-state index contributed by atoms with van der Waals surface area (Å²) in [5, 5.41) is 10.3. The van der Waals surface area contributed by atoms with Crippen molar-refractivity contribution in [2.24, 2.45) is 0 Å². The molecule has 0 spiro atoms. The number of hydrogen-bond donors (Lipinski definition) is 1. The van der Waals surface area contributed by atoms with Gasteiger partial charge in [0, 0.05) is 6.26 Å². The molecule has 0 saturated carbocycles. The molecule has 0 heterocycles. The van der Waals surface area contributed by atoms with E-state index in [1.165, 1.54) is 0 Å². The zero-order chi connectivity index (χ0) is 15.7. The summed E-state index contributed by atoms with van der Waals surface area (Å²) in [6, 6.07) is 17.1. The minimum absolute atomic E-state index is 0.548. The van der Waals surface area contributed by atoms with Crippen molar-refractivity contribution in [1.82, 2.24) is 0 Å². The Morgan fingerprint density at radius 1 is 1.05 bits per heavy atom. The fourth-order valence-electron chi connectivity index (χ4n) is 1.89. The zero-order valence-electron chi connectivity index (χ0n) is 11.2. The van der Waals surface area contributed by atoms with Crippen LogP contribution < -0.4 is 0 Å². The Hall–Kier alpha value is -0.440. The molecule has 2 aromatic rings. The van der Waals surface area contributed by atoms with Crippen LogP contribution in [0.1, 0.15) is 11.7 Å². The number of aliphatic hydroxyl groups is 1. The molecule has 21 heavy (non-hydrogen) atoms. The maximum absolute atomic E-state index is 11.7. The molecule has 0 amide bonds. The normalized spacial score (nSPS) is 16.2. The number of sulfone groups is 1. The second kappa shape index (κ2) is 6.36. The minimum Gasteiger partial charge on any atom is -0.385 e. The summed E-state index contributed by atoms with van der Waals surface area (Å²) in [5.41, 5.74) is 2.63. The van der Waals surface area contributed by atoms with E-state index in [9.17, 15) is 13.5 Å². The lowest BCUT2D eigenvalue weighted by Gasteiger charge is -2.25. The molecule has 0 aromatic heterocycles. The number of benzene rings is 2. The molecule has 0 saturated heterocycles. The first-order valence-electron chi connectivity index (χ1n) is 6.14. The second-order valence-corrected chi connectivity index (χ2v) is 12.6. The largest absolute Gasteiger partial charge is 0.385 e. The van der Waals surface area contributed by atoms with Gasteiger partial charge in [-0.3, -0.25) is 0 Å². The SMILES string of the molecule is CS(=O)(=O)[C@](Br)(I)[C@@H](O)c1ccc(-c2ccccc2)cc1. The van der Waals surface area contributed by atoms with Crippen LogP contribution in [0.3, 0.4) is 0 Å². The standard InChI is InChI=1S/C15H14BrIO3S/c1-21(19,20)15(16,17)14(18)13-9-7-12(8-10-13)11-5-3-2-4-6-11/h2-10,14,18H,1H3/t14-,15+/m0/s1. The molecule has 1 N–H and O–H groups in total. The summed E-state index contributed by atoms with van der Waals surface area (Å²) in [5.74, 6) is 0. The fraction of sp³-hybridized carbons (Fsp3) is 0.200. The minimum atomic E-state index is -3.46. The van der Waals surface area contributed by atoms with Crippen LogP contribution in [0, 0.1) is 0 Å². The van der Waals surface area contributed by atoms with Crippen LogP contribution in [0.25, 0.3) is 11.1 Å². The third kappa shape index (κ3) is 3.67. The van der Waals surface area contributed by atoms with E-state index >= 15 is 0 Å². The van der Waals surface area contributed by atoms with Gasteiger partial charge in [0.1, 0.15) is 6.10 Å². The first kappa shape index (κ1) is 16.9. The Balaban J connectivity index is 2.32. The van der Waals surface area contributed by atoms with E-state index in [1.807, 2.05) is 42.5 Å². The Bertz CT molecular complexity index is 712. The summed E-state index contributed by atoms with van der Waals surface area (Å²) < 4.78 is 22.0. The van der Waals surface area contributed by atoms with Crippen molar-refractivity contribution in [2.45, 2.75) is 7.77 Å². The lowest BCUT2D eigenvalue weighted by atomic mass is 10.0. The fourth-order valence-corrected chi connectivity index (χ4v) is 3.05. The first-order valence-corrected chi connectivity index (χ1v) is 9.90. The van der Waals surface area contributed by atoms with Crippen molar-refractivity contribution in [1.29, 1.82) is 0 Å². The maximum Gasteiger partial charge on any atom is 0.206 e. The number of hydrogen-bond acceptors (Lipinski definition) is 3. The highest BCUT2D eigenvalue weighted by atomic mass is 127. The molecule has 0 aliphatic carbocycles. The number of halogens is 2. The Morgan fingerprint density at radius 3 is 2.00 bits per heavy atom. The molecule has 2 atom stereocenters. The molecule has 2 aromatic carbocycles. The third-order valence-corrected chi connectivity index (χ3v) is 9.55. The molecular weight excluding hydrogens is 467 g/mol. The van der Waals surface area contributed by atoms with Crippen molar-refractivity contribution in [3.8, 4) is 11.1 Å². The van der Waals surface area contributed by atoms with Crippen LogP contribution in [-0.2, 0) is 9.84 Å². The van der Waals surface area contributed by atoms with Gasteiger partial charge in [0.15, 0.2) is 9.84 Å². The number of rotatable bonds is 4. The van der Waals surface area contributed by atoms with Crippen molar-refractivity contribution in [3.05, 3.63) is 60.2 Å². The van der Waals surface area contributed by atoms with Gasteiger partial charge in [0.05, 0.1) is 0 Å². The molecule has 0 bridgehead atoms. The highest BCUT2D eigenvalue weighted by Gasteiger charge is 2.43. The highest BCUT2D eigenvalue weighted by molar-refractivity contribution is 14.1. The van der Waals surface area contributed by atoms with Gasteiger partial charge in [-0.15, -0.1) is 0 Å². The van der Waals surface area contributed by atoms with Gasteiger partial charge in [0.25, 0.3) is 0 Å². The van der Waals surface area contributed by atoms with Gasteiger partial charge in [0.2, 0.25) is 1.66 Å². The van der Waals surface area contributed by atoms with Crippen LogP contribution in [0.15, 0.2) is 54.6 Å². The van der Waals surface area contributed by atoms with E-state index < -0.39 is 17.6 Å². The molecular formula is C15H14BrIO3S. The van der Waals surface area contributed by atoms with E-state index in [-0.39, 0.29) is 0 Å². The van der Waals surface area contributed by atoms with E-state index in [1.54, 1.807) is 34.7 Å². The Kier molecular flexibility index (Phi) is 5.12. The molecule has 2 rings (SSSR count). The van der Waals surface area contributed by atoms with E-state index in [2.05, 4.69) is 15.9 Å². The zero-order valence-corrected chi connectivity index (χ0v) is 15.8. The van der Waals surface area contributed by atoms with Crippen LogP contribution in [0.4, 0.5) is 0 Å². The highest BCUT2D eigenvalue weighted by Crippen LogP contribution is 2.44. The van der Waals surface area contributed by atoms with Gasteiger partial charge >= 0.3 is 0 Å². The summed E-state index contributed by atoms with van der Waals surface area (Å²) in [6.45, 7) is 0. The number of aliphatic hydroxyl groups excluding tert-OH is 1. The monoisotopic (exact) mass is 480 g/mol. The average Bonchev–Trinajstić information content (AvgIpc) is 2.46. The van der Waals surface area contributed by atoms with Gasteiger partial charge in [-0.1, -0.05) is 70.5 Å². The molecule has 112 valence electrons. The third-order valence-electron chi connectivity index (χ3n) is 3.15. The van der Waals surface area contributed by atoms with E-state index in [0.717, 1.165) is 17.4 Å². The van der Waals surface area contributed by atoms with Gasteiger partial charge in [-0.2, -0.15) is 0 Å². The van der Waals surface area contributed by atoms with Gasteiger partial charge in [-0.25, -0.2) is 8.42 Å². The van der Waals surface area contributed by atoms with Crippen LogP contribution in [0.5, 0.6) is 0 Å². The molecule has 0 radical (unpaired) electrons. The first-order chi connectivity index (χ1) is 9.73. The van der Waals surface area contributed by atoms with Crippen molar-refractivity contribution >= 4 is 48.4 Å².